The van der Waals surface area contributed by atoms with Crippen LogP contribution in [0.3, 0.4) is 0 Å². The summed E-state index contributed by atoms with van der Waals surface area (Å²) in [7, 11) is -0.864. The molecule has 0 aliphatic carbocycles. The summed E-state index contributed by atoms with van der Waals surface area (Å²) in [5.41, 5.74) is 0.562. The second-order valence-corrected chi connectivity index (χ2v) is 5.91. The average molecular weight is 272 g/mol. The summed E-state index contributed by atoms with van der Waals surface area (Å²) in [6.45, 7) is -0.181. The summed E-state index contributed by atoms with van der Waals surface area (Å²) < 4.78 is 26.3. The van der Waals surface area contributed by atoms with E-state index in [-0.39, 0.29) is 6.54 Å². The number of carbonyl (C=O) groups is 1. The Balaban J connectivity index is 2.82. The van der Waals surface area contributed by atoms with Crippen molar-refractivity contribution in [3.63, 3.8) is 0 Å². The molecule has 1 aromatic rings. The SMILES string of the molecule is CN(C)S(=O)(=O)NCC(C(=O)O)c1ccccc1. The van der Waals surface area contributed by atoms with E-state index in [0.29, 0.717) is 5.56 Å². The highest BCUT2D eigenvalue weighted by atomic mass is 32.2. The minimum Gasteiger partial charge on any atom is -0.481 e. The van der Waals surface area contributed by atoms with Gasteiger partial charge < -0.3 is 5.11 Å². The summed E-state index contributed by atoms with van der Waals surface area (Å²) in [5.74, 6) is -1.97. The average Bonchev–Trinajstić information content (AvgIpc) is 2.29. The summed E-state index contributed by atoms with van der Waals surface area (Å²) in [5, 5.41) is 9.11. The summed E-state index contributed by atoms with van der Waals surface area (Å²) in [4.78, 5) is 11.1. The molecule has 0 fully saturated rings. The van der Waals surface area contributed by atoms with E-state index < -0.39 is 22.1 Å². The number of carboxylic acid groups (broad SMARTS) is 1. The first-order valence-electron chi connectivity index (χ1n) is 5.29. The fourth-order valence-corrected chi connectivity index (χ4v) is 1.99. The predicted octanol–water partition coefficient (Wildman–Crippen LogP) is 0.251. The van der Waals surface area contributed by atoms with Crippen molar-refractivity contribution in [2.24, 2.45) is 0 Å². The lowest BCUT2D eigenvalue weighted by Gasteiger charge is -2.16. The number of hydrogen-bond donors (Lipinski definition) is 2. The van der Waals surface area contributed by atoms with Gasteiger partial charge in [-0.3, -0.25) is 4.79 Å². The van der Waals surface area contributed by atoms with Gasteiger partial charge in [-0.15, -0.1) is 0 Å². The molecule has 0 amide bonds. The molecule has 0 radical (unpaired) electrons. The van der Waals surface area contributed by atoms with Gasteiger partial charge in [0.2, 0.25) is 0 Å². The molecule has 1 atom stereocenters. The molecule has 7 heteroatoms. The Labute approximate surface area is 106 Å². The molecule has 1 unspecified atom stereocenters. The Morgan fingerprint density at radius 1 is 1.33 bits per heavy atom. The molecule has 0 saturated carbocycles. The van der Waals surface area contributed by atoms with Crippen molar-refractivity contribution in [1.82, 2.24) is 9.03 Å². The van der Waals surface area contributed by atoms with Gasteiger partial charge in [-0.25, -0.2) is 4.72 Å². The third-order valence-electron chi connectivity index (χ3n) is 2.45. The molecule has 0 bridgehead atoms. The van der Waals surface area contributed by atoms with Crippen molar-refractivity contribution in [2.75, 3.05) is 20.6 Å². The molecule has 18 heavy (non-hydrogen) atoms. The molecule has 0 aliphatic heterocycles. The van der Waals surface area contributed by atoms with Gasteiger partial charge in [0.05, 0.1) is 5.92 Å². The van der Waals surface area contributed by atoms with E-state index >= 15 is 0 Å². The minimum absolute atomic E-state index is 0.181. The Bertz CT molecular complexity index is 499. The van der Waals surface area contributed by atoms with Gasteiger partial charge in [-0.05, 0) is 5.56 Å². The van der Waals surface area contributed by atoms with Gasteiger partial charge in [0.15, 0.2) is 0 Å². The van der Waals surface area contributed by atoms with E-state index in [0.717, 1.165) is 4.31 Å². The van der Waals surface area contributed by atoms with Crippen molar-refractivity contribution in [2.45, 2.75) is 5.92 Å². The smallest absolute Gasteiger partial charge is 0.312 e. The van der Waals surface area contributed by atoms with Crippen LogP contribution in [-0.4, -0.2) is 44.4 Å². The molecule has 0 aromatic heterocycles. The Morgan fingerprint density at radius 3 is 2.33 bits per heavy atom. The number of benzene rings is 1. The molecule has 0 aliphatic rings. The first-order valence-corrected chi connectivity index (χ1v) is 6.73. The lowest BCUT2D eigenvalue weighted by molar-refractivity contribution is -0.138. The van der Waals surface area contributed by atoms with Crippen LogP contribution in [0.1, 0.15) is 11.5 Å². The second kappa shape index (κ2) is 5.94. The number of nitrogens with one attached hydrogen (secondary N) is 1. The molecule has 100 valence electrons. The summed E-state index contributed by atoms with van der Waals surface area (Å²) in [6, 6.07) is 8.51. The third-order valence-corrected chi connectivity index (χ3v) is 3.94. The van der Waals surface area contributed by atoms with Crippen molar-refractivity contribution in [3.8, 4) is 0 Å². The van der Waals surface area contributed by atoms with Crippen molar-refractivity contribution in [1.29, 1.82) is 0 Å². The Hall–Kier alpha value is -1.44. The Morgan fingerprint density at radius 2 is 1.89 bits per heavy atom. The van der Waals surface area contributed by atoms with Gasteiger partial charge in [0.1, 0.15) is 0 Å². The molecule has 6 nitrogen and oxygen atoms in total. The third kappa shape index (κ3) is 3.80. The molecule has 0 heterocycles. The number of aliphatic carboxylic acids is 1. The van der Waals surface area contributed by atoms with Gasteiger partial charge >= 0.3 is 5.97 Å². The largest absolute Gasteiger partial charge is 0.481 e. The molecule has 1 rings (SSSR count). The maximum Gasteiger partial charge on any atom is 0.312 e. The van der Waals surface area contributed by atoms with Crippen LogP contribution in [0, 0.1) is 0 Å². The van der Waals surface area contributed by atoms with Crippen LogP contribution in [0.2, 0.25) is 0 Å². The van der Waals surface area contributed by atoms with Gasteiger partial charge in [0.25, 0.3) is 10.2 Å². The first-order chi connectivity index (χ1) is 8.34. The maximum atomic E-state index is 11.5. The van der Waals surface area contributed by atoms with E-state index in [1.165, 1.54) is 14.1 Å². The topological polar surface area (TPSA) is 86.7 Å². The Kier molecular flexibility index (Phi) is 4.83. The van der Waals surface area contributed by atoms with Crippen LogP contribution in [-0.2, 0) is 15.0 Å². The molecule has 0 spiro atoms. The first kappa shape index (κ1) is 14.6. The minimum atomic E-state index is -3.61. The summed E-state index contributed by atoms with van der Waals surface area (Å²) >= 11 is 0. The highest BCUT2D eigenvalue weighted by molar-refractivity contribution is 7.87. The van der Waals surface area contributed by atoms with E-state index in [1.54, 1.807) is 30.3 Å². The van der Waals surface area contributed by atoms with Crippen LogP contribution in [0.4, 0.5) is 0 Å². The van der Waals surface area contributed by atoms with Crippen molar-refractivity contribution in [3.05, 3.63) is 35.9 Å². The van der Waals surface area contributed by atoms with E-state index in [4.69, 9.17) is 5.11 Å². The zero-order valence-electron chi connectivity index (χ0n) is 10.2. The lowest BCUT2D eigenvalue weighted by atomic mass is 10.00. The fourth-order valence-electron chi connectivity index (χ4n) is 1.35. The molecular weight excluding hydrogens is 256 g/mol. The van der Waals surface area contributed by atoms with E-state index in [1.807, 2.05) is 0 Å². The lowest BCUT2D eigenvalue weighted by Crippen LogP contribution is -2.39. The molecular formula is C11H16N2O4S. The zero-order valence-corrected chi connectivity index (χ0v) is 11.0. The monoisotopic (exact) mass is 272 g/mol. The van der Waals surface area contributed by atoms with Crippen LogP contribution < -0.4 is 4.72 Å². The normalized spacial score (nSPS) is 13.5. The van der Waals surface area contributed by atoms with E-state index in [9.17, 15) is 13.2 Å². The van der Waals surface area contributed by atoms with Crippen LogP contribution in [0.5, 0.6) is 0 Å². The molecule has 0 saturated heterocycles. The highest BCUT2D eigenvalue weighted by Crippen LogP contribution is 2.15. The van der Waals surface area contributed by atoms with Crippen LogP contribution >= 0.6 is 0 Å². The zero-order chi connectivity index (χ0) is 13.8. The maximum absolute atomic E-state index is 11.5. The van der Waals surface area contributed by atoms with E-state index in [2.05, 4.69) is 4.72 Å². The second-order valence-electron chi connectivity index (χ2n) is 3.94. The fraction of sp³-hybridized carbons (Fsp3) is 0.364. The number of nitrogens with zero attached hydrogens (tertiary/aromatic N) is 1. The molecule has 2 N–H and O–H groups in total. The summed E-state index contributed by atoms with van der Waals surface area (Å²) in [6.07, 6.45) is 0. The quantitative estimate of drug-likeness (QED) is 0.777. The highest BCUT2D eigenvalue weighted by Gasteiger charge is 2.23. The molecule has 1 aromatic carbocycles. The van der Waals surface area contributed by atoms with Crippen molar-refractivity contribution >= 4 is 16.2 Å². The van der Waals surface area contributed by atoms with Gasteiger partial charge in [-0.1, -0.05) is 30.3 Å². The number of rotatable bonds is 6. The number of hydrogen-bond acceptors (Lipinski definition) is 3. The van der Waals surface area contributed by atoms with Gasteiger partial charge in [0, 0.05) is 20.6 Å². The van der Waals surface area contributed by atoms with Crippen LogP contribution in [0.15, 0.2) is 30.3 Å². The van der Waals surface area contributed by atoms with Crippen molar-refractivity contribution < 1.29 is 18.3 Å². The number of carboxylic acids is 1. The van der Waals surface area contributed by atoms with Gasteiger partial charge in [-0.2, -0.15) is 12.7 Å². The standard InChI is InChI=1S/C11H16N2O4S/c1-13(2)18(16,17)12-8-10(11(14)15)9-6-4-3-5-7-9/h3-7,10,12H,8H2,1-2H3,(H,14,15). The van der Waals surface area contributed by atoms with Crippen LogP contribution in [0.25, 0.3) is 0 Å². The predicted molar refractivity (Wildman–Crippen MR) is 67.4 cm³/mol.